The second-order valence-corrected chi connectivity index (χ2v) is 6.76. The normalized spacial score (nSPS) is 11.1. The molecule has 0 unspecified atom stereocenters. The summed E-state index contributed by atoms with van der Waals surface area (Å²) in [6.07, 6.45) is 2.80. The van der Waals surface area contributed by atoms with E-state index in [0.717, 1.165) is 29.8 Å². The van der Waals surface area contributed by atoms with E-state index in [1.807, 2.05) is 42.6 Å². The lowest BCUT2D eigenvalue weighted by Gasteiger charge is -2.07. The molecule has 30 heavy (non-hydrogen) atoms. The summed E-state index contributed by atoms with van der Waals surface area (Å²) in [7, 11) is 1.59. The number of anilines is 1. The van der Waals surface area contributed by atoms with Crippen molar-refractivity contribution in [1.29, 1.82) is 0 Å². The van der Waals surface area contributed by atoms with Gasteiger partial charge >= 0.3 is 0 Å². The van der Waals surface area contributed by atoms with Crippen LogP contribution >= 0.6 is 0 Å². The number of benzene rings is 1. The minimum atomic E-state index is 0.151. The first kappa shape index (κ1) is 19.7. The third-order valence-corrected chi connectivity index (χ3v) is 4.49. The lowest BCUT2D eigenvalue weighted by atomic mass is 10.1. The van der Waals surface area contributed by atoms with E-state index in [-0.39, 0.29) is 5.95 Å². The number of para-hydroxylation sites is 1. The van der Waals surface area contributed by atoms with Gasteiger partial charge in [-0.1, -0.05) is 30.3 Å². The van der Waals surface area contributed by atoms with E-state index in [0.29, 0.717) is 35.8 Å². The summed E-state index contributed by atoms with van der Waals surface area (Å²) in [5.41, 5.74) is 9.54. The van der Waals surface area contributed by atoms with E-state index in [9.17, 15) is 0 Å². The molecule has 154 valence electrons. The van der Waals surface area contributed by atoms with Crippen LogP contribution in [0.3, 0.4) is 0 Å². The van der Waals surface area contributed by atoms with Crippen molar-refractivity contribution >= 4 is 16.9 Å². The van der Waals surface area contributed by atoms with Crippen LogP contribution in [0.1, 0.15) is 24.7 Å². The molecule has 1 aromatic carbocycles. The highest BCUT2D eigenvalue weighted by molar-refractivity contribution is 5.95. The third kappa shape index (κ3) is 4.20. The van der Waals surface area contributed by atoms with Crippen LogP contribution in [0, 0.1) is 0 Å². The quantitative estimate of drug-likeness (QED) is 0.445. The largest absolute Gasteiger partial charge is 0.494 e. The molecule has 0 spiro atoms. The van der Waals surface area contributed by atoms with E-state index in [1.165, 1.54) is 0 Å². The van der Waals surface area contributed by atoms with Crippen LogP contribution in [0.4, 0.5) is 5.95 Å². The van der Waals surface area contributed by atoms with Crippen molar-refractivity contribution in [3.05, 3.63) is 54.0 Å². The minimum Gasteiger partial charge on any atom is -0.494 e. The highest BCUT2D eigenvalue weighted by Gasteiger charge is 2.15. The standard InChI is InChI=1S/C21H23N7O2/c1-3-10-30-13-15-7-4-6-14(23-15)11-28-12-17(26-27-28)19-16-8-5-9-18(29-2)20(16)25-21(22)24-19/h4-9,12H,3,10-11,13H2,1-2H3,(H2,22,24,25). The van der Waals surface area contributed by atoms with Crippen molar-refractivity contribution in [2.45, 2.75) is 26.5 Å². The van der Waals surface area contributed by atoms with Crippen LogP contribution in [0.15, 0.2) is 42.6 Å². The zero-order valence-corrected chi connectivity index (χ0v) is 16.9. The molecule has 0 amide bonds. The Morgan fingerprint density at radius 1 is 1.03 bits per heavy atom. The lowest BCUT2D eigenvalue weighted by molar-refractivity contribution is 0.119. The van der Waals surface area contributed by atoms with E-state index in [4.69, 9.17) is 15.2 Å². The highest BCUT2D eigenvalue weighted by atomic mass is 16.5. The number of methoxy groups -OCH3 is 1. The van der Waals surface area contributed by atoms with E-state index in [1.54, 1.807) is 11.8 Å². The summed E-state index contributed by atoms with van der Waals surface area (Å²) >= 11 is 0. The van der Waals surface area contributed by atoms with Gasteiger partial charge in [0, 0.05) is 12.0 Å². The van der Waals surface area contributed by atoms with Gasteiger partial charge in [0.2, 0.25) is 5.95 Å². The van der Waals surface area contributed by atoms with Crippen LogP contribution in [-0.4, -0.2) is 43.7 Å². The Balaban J connectivity index is 1.60. The molecule has 0 aliphatic heterocycles. The van der Waals surface area contributed by atoms with Gasteiger partial charge in [0.15, 0.2) is 0 Å². The fourth-order valence-corrected chi connectivity index (χ4v) is 3.17. The Labute approximate surface area is 173 Å². The Bertz CT molecular complexity index is 1160. The van der Waals surface area contributed by atoms with Gasteiger partial charge in [0.05, 0.1) is 37.8 Å². The number of fused-ring (bicyclic) bond motifs is 1. The summed E-state index contributed by atoms with van der Waals surface area (Å²) in [6, 6.07) is 11.5. The van der Waals surface area contributed by atoms with Crippen LogP contribution < -0.4 is 10.5 Å². The van der Waals surface area contributed by atoms with Crippen LogP contribution in [-0.2, 0) is 17.9 Å². The second-order valence-electron chi connectivity index (χ2n) is 6.76. The smallest absolute Gasteiger partial charge is 0.221 e. The van der Waals surface area contributed by atoms with Gasteiger partial charge in [0.25, 0.3) is 0 Å². The molecule has 4 aromatic rings. The maximum Gasteiger partial charge on any atom is 0.221 e. The average molecular weight is 405 g/mol. The molecule has 0 radical (unpaired) electrons. The molecule has 4 rings (SSSR count). The van der Waals surface area contributed by atoms with E-state index in [2.05, 4.69) is 32.2 Å². The van der Waals surface area contributed by atoms with E-state index < -0.39 is 0 Å². The highest BCUT2D eigenvalue weighted by Crippen LogP contribution is 2.30. The minimum absolute atomic E-state index is 0.151. The van der Waals surface area contributed by atoms with Crippen molar-refractivity contribution < 1.29 is 9.47 Å². The molecule has 0 atom stereocenters. The maximum absolute atomic E-state index is 5.93. The number of nitrogens with zero attached hydrogens (tertiary/aromatic N) is 6. The first-order valence-electron chi connectivity index (χ1n) is 9.71. The predicted molar refractivity (Wildman–Crippen MR) is 113 cm³/mol. The molecule has 0 aliphatic rings. The molecule has 0 saturated carbocycles. The summed E-state index contributed by atoms with van der Waals surface area (Å²) in [6.45, 7) is 3.78. The number of hydrogen-bond acceptors (Lipinski definition) is 8. The molecule has 9 nitrogen and oxygen atoms in total. The predicted octanol–water partition coefficient (Wildman–Crippen LogP) is 2.85. The Kier molecular flexibility index (Phi) is 5.80. The van der Waals surface area contributed by atoms with Crippen LogP contribution in [0.2, 0.25) is 0 Å². The SMILES string of the molecule is CCCOCc1cccc(Cn2cc(-c3nc(N)nc4c(OC)cccc34)nn2)n1. The number of ether oxygens (including phenoxy) is 2. The number of hydrogen-bond donors (Lipinski definition) is 1. The Morgan fingerprint density at radius 2 is 1.87 bits per heavy atom. The van der Waals surface area contributed by atoms with Gasteiger partial charge in [-0.15, -0.1) is 5.10 Å². The van der Waals surface area contributed by atoms with Crippen molar-refractivity contribution in [2.24, 2.45) is 0 Å². The number of pyridine rings is 1. The number of nitrogen functional groups attached to an aromatic ring is 1. The van der Waals surface area contributed by atoms with Crippen molar-refractivity contribution in [3.63, 3.8) is 0 Å². The Morgan fingerprint density at radius 3 is 2.70 bits per heavy atom. The lowest BCUT2D eigenvalue weighted by Crippen LogP contribution is -2.05. The monoisotopic (exact) mass is 405 g/mol. The molecular weight excluding hydrogens is 382 g/mol. The van der Waals surface area contributed by atoms with Gasteiger partial charge in [0.1, 0.15) is 22.7 Å². The summed E-state index contributed by atoms with van der Waals surface area (Å²) in [5.74, 6) is 0.777. The first-order chi connectivity index (χ1) is 14.7. The van der Waals surface area contributed by atoms with Gasteiger partial charge < -0.3 is 15.2 Å². The summed E-state index contributed by atoms with van der Waals surface area (Å²) in [4.78, 5) is 13.3. The topological polar surface area (TPSA) is 114 Å². The van der Waals surface area contributed by atoms with Crippen molar-refractivity contribution in [1.82, 2.24) is 29.9 Å². The average Bonchev–Trinajstić information content (AvgIpc) is 3.21. The maximum atomic E-state index is 5.93. The zero-order valence-electron chi connectivity index (χ0n) is 16.9. The van der Waals surface area contributed by atoms with Gasteiger partial charge in [-0.05, 0) is 24.6 Å². The van der Waals surface area contributed by atoms with Crippen LogP contribution in [0.5, 0.6) is 5.75 Å². The number of aromatic nitrogens is 6. The van der Waals surface area contributed by atoms with Gasteiger partial charge in [-0.2, -0.15) is 0 Å². The molecule has 3 heterocycles. The van der Waals surface area contributed by atoms with Crippen molar-refractivity contribution in [2.75, 3.05) is 19.5 Å². The number of rotatable bonds is 8. The fraction of sp³-hybridized carbons (Fsp3) is 0.286. The molecule has 3 aromatic heterocycles. The summed E-state index contributed by atoms with van der Waals surface area (Å²) in [5, 5.41) is 9.32. The van der Waals surface area contributed by atoms with Gasteiger partial charge in [-0.3, -0.25) is 4.98 Å². The van der Waals surface area contributed by atoms with Crippen LogP contribution in [0.25, 0.3) is 22.3 Å². The fourth-order valence-electron chi connectivity index (χ4n) is 3.17. The Hall–Kier alpha value is -3.59. The molecule has 0 bridgehead atoms. The second kappa shape index (κ2) is 8.83. The zero-order chi connectivity index (χ0) is 20.9. The van der Waals surface area contributed by atoms with Gasteiger partial charge in [-0.25, -0.2) is 14.6 Å². The number of nitrogens with two attached hydrogens (primary N) is 1. The van der Waals surface area contributed by atoms with E-state index >= 15 is 0 Å². The molecule has 9 heteroatoms. The molecule has 2 N–H and O–H groups in total. The molecule has 0 fully saturated rings. The molecular formula is C21H23N7O2. The van der Waals surface area contributed by atoms with Crippen molar-refractivity contribution in [3.8, 4) is 17.1 Å². The molecule has 0 saturated heterocycles. The third-order valence-electron chi connectivity index (χ3n) is 4.49. The first-order valence-corrected chi connectivity index (χ1v) is 9.71. The summed E-state index contributed by atoms with van der Waals surface area (Å²) < 4.78 is 12.7. The molecule has 0 aliphatic carbocycles.